The summed E-state index contributed by atoms with van der Waals surface area (Å²) in [5, 5.41) is 19.4. The summed E-state index contributed by atoms with van der Waals surface area (Å²) in [6.07, 6.45) is -3.34. The summed E-state index contributed by atoms with van der Waals surface area (Å²) in [4.78, 5) is 11.1. The van der Waals surface area contributed by atoms with E-state index < -0.39 is 30.3 Å². The molecule has 2 heterocycles. The van der Waals surface area contributed by atoms with Gasteiger partial charge in [0.1, 0.15) is 18.8 Å². The Kier molecular flexibility index (Phi) is 3.02. The molecule has 2 N–H and O–H groups in total. The summed E-state index contributed by atoms with van der Waals surface area (Å²) in [6, 6.07) is 0. The largest absolute Gasteiger partial charge is 0.510 e. The number of aliphatic hydroxyl groups excluding tert-OH is 1. The summed E-state index contributed by atoms with van der Waals surface area (Å²) in [5.74, 6) is -1.88. The van der Waals surface area contributed by atoms with Gasteiger partial charge in [0.2, 0.25) is 0 Å². The third kappa shape index (κ3) is 1.86. The number of carbonyl (C=O) groups excluding carboxylic acids is 1. The highest BCUT2D eigenvalue weighted by molar-refractivity contribution is 5.60. The molecule has 2 rings (SSSR count). The van der Waals surface area contributed by atoms with Gasteiger partial charge in [-0.05, 0) is 6.92 Å². The fourth-order valence-corrected chi connectivity index (χ4v) is 1.86. The molecule has 16 heavy (non-hydrogen) atoms. The van der Waals surface area contributed by atoms with Gasteiger partial charge in [-0.2, -0.15) is 0 Å². The second kappa shape index (κ2) is 4.17. The van der Waals surface area contributed by atoms with Crippen molar-refractivity contribution in [2.24, 2.45) is 0 Å². The molecule has 0 saturated carbocycles. The third-order valence-corrected chi connectivity index (χ3v) is 2.57. The standard InChI is InChI=1S/C9H14O7/c1-2-13-8(11)16-9(12)4-15-6-5(10)3-14-7(6)9/h5-7,10,12H,2-4H2,1H3/t5-,6-,7+,9+/m1/s1. The molecular weight excluding hydrogens is 220 g/mol. The quantitative estimate of drug-likeness (QED) is 0.467. The van der Waals surface area contributed by atoms with Crippen molar-refractivity contribution in [3.63, 3.8) is 0 Å². The second-order valence-electron chi connectivity index (χ2n) is 3.73. The van der Waals surface area contributed by atoms with Gasteiger partial charge in [0.05, 0.1) is 13.2 Å². The van der Waals surface area contributed by atoms with E-state index in [0.717, 1.165) is 0 Å². The van der Waals surface area contributed by atoms with Crippen LogP contribution in [0.2, 0.25) is 0 Å². The molecule has 2 aliphatic heterocycles. The highest BCUT2D eigenvalue weighted by Gasteiger charge is 2.58. The molecular formula is C9H14O7. The first-order chi connectivity index (χ1) is 7.57. The predicted molar refractivity (Wildman–Crippen MR) is 48.5 cm³/mol. The molecule has 0 radical (unpaired) electrons. The smallest absolute Gasteiger partial charge is 0.435 e. The molecule has 2 fully saturated rings. The van der Waals surface area contributed by atoms with Crippen molar-refractivity contribution in [2.75, 3.05) is 19.8 Å². The number of hydrogen-bond acceptors (Lipinski definition) is 7. The second-order valence-corrected chi connectivity index (χ2v) is 3.73. The Labute approximate surface area is 91.9 Å². The Hall–Kier alpha value is -0.890. The monoisotopic (exact) mass is 234 g/mol. The van der Waals surface area contributed by atoms with E-state index in [1.807, 2.05) is 0 Å². The van der Waals surface area contributed by atoms with Crippen LogP contribution in [0.4, 0.5) is 4.79 Å². The highest BCUT2D eigenvalue weighted by Crippen LogP contribution is 2.35. The van der Waals surface area contributed by atoms with Crippen LogP contribution in [0.15, 0.2) is 0 Å². The van der Waals surface area contributed by atoms with E-state index >= 15 is 0 Å². The van der Waals surface area contributed by atoms with Crippen LogP contribution in [0.5, 0.6) is 0 Å². The lowest BCUT2D eigenvalue weighted by Gasteiger charge is -2.25. The summed E-state index contributed by atoms with van der Waals surface area (Å²) < 4.78 is 19.5. The van der Waals surface area contributed by atoms with Crippen molar-refractivity contribution in [3.8, 4) is 0 Å². The zero-order valence-electron chi connectivity index (χ0n) is 8.79. The first-order valence-electron chi connectivity index (χ1n) is 5.06. The van der Waals surface area contributed by atoms with Crippen LogP contribution in [0.1, 0.15) is 6.92 Å². The molecule has 0 aromatic carbocycles. The number of hydrogen-bond donors (Lipinski definition) is 2. The van der Waals surface area contributed by atoms with Gasteiger partial charge in [0.25, 0.3) is 5.79 Å². The first-order valence-corrected chi connectivity index (χ1v) is 5.06. The van der Waals surface area contributed by atoms with E-state index in [1.165, 1.54) is 0 Å². The fourth-order valence-electron chi connectivity index (χ4n) is 1.86. The number of fused-ring (bicyclic) bond motifs is 1. The Bertz CT molecular complexity index is 281. The topological polar surface area (TPSA) is 94.5 Å². The van der Waals surface area contributed by atoms with Crippen LogP contribution in [0.3, 0.4) is 0 Å². The van der Waals surface area contributed by atoms with Crippen molar-refractivity contribution in [1.82, 2.24) is 0 Å². The number of aliphatic hydroxyl groups is 2. The lowest BCUT2D eigenvalue weighted by atomic mass is 10.1. The molecule has 7 nitrogen and oxygen atoms in total. The summed E-state index contributed by atoms with van der Waals surface area (Å²) in [5.41, 5.74) is 0. The van der Waals surface area contributed by atoms with Crippen molar-refractivity contribution in [1.29, 1.82) is 0 Å². The van der Waals surface area contributed by atoms with E-state index in [2.05, 4.69) is 4.74 Å². The average molecular weight is 234 g/mol. The number of rotatable bonds is 2. The predicted octanol–water partition coefficient (Wildman–Crippen LogP) is -0.993. The van der Waals surface area contributed by atoms with E-state index in [0.29, 0.717) is 0 Å². The van der Waals surface area contributed by atoms with Gasteiger partial charge in [-0.15, -0.1) is 0 Å². The molecule has 2 aliphatic rings. The molecule has 7 heteroatoms. The molecule has 0 amide bonds. The minimum Gasteiger partial charge on any atom is -0.435 e. The summed E-state index contributed by atoms with van der Waals surface area (Å²) >= 11 is 0. The Morgan fingerprint density at radius 3 is 3.00 bits per heavy atom. The van der Waals surface area contributed by atoms with Gasteiger partial charge in [-0.3, -0.25) is 0 Å². The zero-order chi connectivity index (χ0) is 11.8. The van der Waals surface area contributed by atoms with Crippen LogP contribution in [-0.4, -0.2) is 60.3 Å². The molecule has 92 valence electrons. The average Bonchev–Trinajstić information content (AvgIpc) is 2.71. The maximum Gasteiger partial charge on any atom is 0.510 e. The van der Waals surface area contributed by atoms with Crippen LogP contribution in [0.25, 0.3) is 0 Å². The summed E-state index contributed by atoms with van der Waals surface area (Å²) in [6.45, 7) is 1.57. The minimum absolute atomic E-state index is 0.0455. The zero-order valence-corrected chi connectivity index (χ0v) is 8.79. The number of carbonyl (C=O) groups is 1. The Morgan fingerprint density at radius 2 is 2.31 bits per heavy atom. The van der Waals surface area contributed by atoms with Gasteiger partial charge in [-0.1, -0.05) is 0 Å². The lowest BCUT2D eigenvalue weighted by Crippen LogP contribution is -2.47. The molecule has 0 unspecified atom stereocenters. The highest BCUT2D eigenvalue weighted by atomic mass is 16.8. The maximum atomic E-state index is 11.1. The van der Waals surface area contributed by atoms with E-state index in [9.17, 15) is 15.0 Å². The fraction of sp³-hybridized carbons (Fsp3) is 0.889. The summed E-state index contributed by atoms with van der Waals surface area (Å²) in [7, 11) is 0. The number of ether oxygens (including phenoxy) is 4. The van der Waals surface area contributed by atoms with Crippen LogP contribution >= 0.6 is 0 Å². The maximum absolute atomic E-state index is 11.1. The van der Waals surface area contributed by atoms with Gasteiger partial charge in [-0.25, -0.2) is 4.79 Å². The molecule has 0 bridgehead atoms. The molecule has 0 spiro atoms. The van der Waals surface area contributed by atoms with E-state index in [-0.39, 0.29) is 19.8 Å². The molecule has 0 aromatic rings. The SMILES string of the molecule is CCOC(=O)O[C@@]1(O)CO[C@@H]2[C@H](O)CO[C@@H]21. The normalized spacial score (nSPS) is 41.8. The van der Waals surface area contributed by atoms with Crippen LogP contribution in [0, 0.1) is 0 Å². The lowest BCUT2D eigenvalue weighted by molar-refractivity contribution is -0.220. The third-order valence-electron chi connectivity index (χ3n) is 2.57. The van der Waals surface area contributed by atoms with Crippen LogP contribution in [-0.2, 0) is 18.9 Å². The Balaban J connectivity index is 2.00. The molecule has 2 saturated heterocycles. The molecule has 0 aromatic heterocycles. The van der Waals surface area contributed by atoms with Crippen molar-refractivity contribution < 1.29 is 34.0 Å². The van der Waals surface area contributed by atoms with Gasteiger partial charge in [0, 0.05) is 0 Å². The van der Waals surface area contributed by atoms with Crippen LogP contribution < -0.4 is 0 Å². The first kappa shape index (κ1) is 11.6. The van der Waals surface area contributed by atoms with Gasteiger partial charge < -0.3 is 29.2 Å². The minimum atomic E-state index is -1.88. The van der Waals surface area contributed by atoms with Gasteiger partial charge in [0.15, 0.2) is 6.10 Å². The molecule has 4 atom stereocenters. The van der Waals surface area contributed by atoms with E-state index in [1.54, 1.807) is 6.92 Å². The van der Waals surface area contributed by atoms with Crippen molar-refractivity contribution >= 4 is 6.16 Å². The van der Waals surface area contributed by atoms with Gasteiger partial charge >= 0.3 is 6.16 Å². The van der Waals surface area contributed by atoms with Crippen molar-refractivity contribution in [3.05, 3.63) is 0 Å². The molecule has 0 aliphatic carbocycles. The van der Waals surface area contributed by atoms with E-state index in [4.69, 9.17) is 14.2 Å². The van der Waals surface area contributed by atoms with Crippen molar-refractivity contribution in [2.45, 2.75) is 31.0 Å². The Morgan fingerprint density at radius 1 is 1.56 bits per heavy atom.